The quantitative estimate of drug-likeness (QED) is 0.558. The molecule has 0 aromatic heterocycles. The summed E-state index contributed by atoms with van der Waals surface area (Å²) in [6.45, 7) is 6.22. The molecule has 0 aliphatic carbocycles. The number of hydrogen-bond acceptors (Lipinski definition) is 0. The summed E-state index contributed by atoms with van der Waals surface area (Å²) in [6, 6.07) is 4.19. The average molecular weight is 195 g/mol. The van der Waals surface area contributed by atoms with E-state index in [-0.39, 0.29) is 18.6 Å². The van der Waals surface area contributed by atoms with Crippen molar-refractivity contribution in [2.24, 2.45) is 0 Å². The van der Waals surface area contributed by atoms with Crippen molar-refractivity contribution in [2.45, 2.75) is 20.8 Å². The van der Waals surface area contributed by atoms with Gasteiger partial charge in [0.05, 0.1) is 0 Å². The Bertz CT molecular complexity index is 319. The van der Waals surface area contributed by atoms with Gasteiger partial charge in [-0.05, 0) is 43.5 Å². The molecule has 1 rings (SSSR count). The summed E-state index contributed by atoms with van der Waals surface area (Å²) in [5, 5.41) is 0. The van der Waals surface area contributed by atoms with Crippen LogP contribution in [0.25, 0.3) is 0 Å². The minimum Gasteiger partial charge on any atom is -0.115 e. The fourth-order valence-electron chi connectivity index (χ4n) is 1.12. The Hall–Kier alpha value is -0.636. The standard InChI is InChI=1S/C11H12.V/c1-5-11-7-9(3)8(2)6-10(11)4;/h1,6-7H,2-4H3;. The summed E-state index contributed by atoms with van der Waals surface area (Å²) in [6.07, 6.45) is 5.32. The van der Waals surface area contributed by atoms with Crippen LogP contribution in [0.1, 0.15) is 22.3 Å². The molecule has 0 amide bonds. The predicted molar refractivity (Wildman–Crippen MR) is 48.6 cm³/mol. The fourth-order valence-corrected chi connectivity index (χ4v) is 1.12. The average Bonchev–Trinajstić information content (AvgIpc) is 1.97. The van der Waals surface area contributed by atoms with Gasteiger partial charge in [-0.1, -0.05) is 12.0 Å². The van der Waals surface area contributed by atoms with Crippen molar-refractivity contribution < 1.29 is 18.6 Å². The first-order valence-corrected chi connectivity index (χ1v) is 3.69. The van der Waals surface area contributed by atoms with Gasteiger partial charge in [0.15, 0.2) is 0 Å². The monoisotopic (exact) mass is 195 g/mol. The van der Waals surface area contributed by atoms with Crippen molar-refractivity contribution in [3.05, 3.63) is 34.4 Å². The molecule has 0 fully saturated rings. The minimum atomic E-state index is 0. The summed E-state index contributed by atoms with van der Waals surface area (Å²) < 4.78 is 0. The van der Waals surface area contributed by atoms with Gasteiger partial charge in [-0.3, -0.25) is 0 Å². The third kappa shape index (κ3) is 2.17. The van der Waals surface area contributed by atoms with E-state index < -0.39 is 0 Å². The normalized spacial score (nSPS) is 8.50. The zero-order valence-electron chi connectivity index (χ0n) is 7.68. The van der Waals surface area contributed by atoms with E-state index in [1.54, 1.807) is 0 Å². The Morgan fingerprint density at radius 1 is 1.00 bits per heavy atom. The molecule has 61 valence electrons. The molecule has 0 nitrogen and oxygen atoms in total. The van der Waals surface area contributed by atoms with Crippen LogP contribution in [-0.4, -0.2) is 0 Å². The summed E-state index contributed by atoms with van der Waals surface area (Å²) in [5.74, 6) is 2.66. The van der Waals surface area contributed by atoms with Gasteiger partial charge in [-0.15, -0.1) is 6.42 Å². The number of aryl methyl sites for hydroxylation is 3. The molecule has 1 aromatic rings. The second-order valence-electron chi connectivity index (χ2n) is 2.90. The molecule has 0 aliphatic heterocycles. The smallest absolute Gasteiger partial charge is 0.0274 e. The molecule has 0 bridgehead atoms. The molecule has 0 spiro atoms. The number of benzene rings is 1. The molecule has 0 aliphatic rings. The van der Waals surface area contributed by atoms with Crippen LogP contribution in [0.15, 0.2) is 12.1 Å². The number of hydrogen-bond donors (Lipinski definition) is 0. The van der Waals surface area contributed by atoms with Crippen LogP contribution in [0.3, 0.4) is 0 Å². The Morgan fingerprint density at radius 3 is 2.00 bits per heavy atom. The van der Waals surface area contributed by atoms with Crippen LogP contribution in [0, 0.1) is 33.1 Å². The van der Waals surface area contributed by atoms with Crippen molar-refractivity contribution in [1.29, 1.82) is 0 Å². The van der Waals surface area contributed by atoms with Crippen LogP contribution in [0.5, 0.6) is 0 Å². The molecule has 0 N–H and O–H groups in total. The third-order valence-electron chi connectivity index (χ3n) is 2.00. The van der Waals surface area contributed by atoms with Gasteiger partial charge in [-0.25, -0.2) is 0 Å². The van der Waals surface area contributed by atoms with E-state index >= 15 is 0 Å². The molecule has 0 heterocycles. The van der Waals surface area contributed by atoms with Crippen molar-refractivity contribution in [1.82, 2.24) is 0 Å². The Morgan fingerprint density at radius 2 is 1.50 bits per heavy atom. The number of terminal acetylenes is 1. The van der Waals surface area contributed by atoms with E-state index in [0.29, 0.717) is 0 Å². The maximum Gasteiger partial charge on any atom is 0.0274 e. The summed E-state index contributed by atoms with van der Waals surface area (Å²) in [4.78, 5) is 0. The third-order valence-corrected chi connectivity index (χ3v) is 2.00. The molecule has 0 saturated heterocycles. The largest absolute Gasteiger partial charge is 0.115 e. The van der Waals surface area contributed by atoms with Gasteiger partial charge >= 0.3 is 0 Å². The molecule has 1 aromatic carbocycles. The first-order valence-electron chi connectivity index (χ1n) is 3.69. The van der Waals surface area contributed by atoms with Gasteiger partial charge in [0, 0.05) is 24.1 Å². The zero-order chi connectivity index (χ0) is 8.43. The van der Waals surface area contributed by atoms with E-state index in [2.05, 4.69) is 31.9 Å². The molecule has 12 heavy (non-hydrogen) atoms. The van der Waals surface area contributed by atoms with Gasteiger partial charge in [0.1, 0.15) is 0 Å². The van der Waals surface area contributed by atoms with Gasteiger partial charge in [0.25, 0.3) is 0 Å². The molecule has 0 saturated carbocycles. The Balaban J connectivity index is 0.00000121. The molecule has 0 atom stereocenters. The second kappa shape index (κ2) is 4.40. The number of rotatable bonds is 0. The van der Waals surface area contributed by atoms with Crippen molar-refractivity contribution in [2.75, 3.05) is 0 Å². The first-order chi connectivity index (χ1) is 5.15. The molecule has 1 radical (unpaired) electrons. The van der Waals surface area contributed by atoms with Crippen LogP contribution in [0.2, 0.25) is 0 Å². The summed E-state index contributed by atoms with van der Waals surface area (Å²) in [7, 11) is 0. The van der Waals surface area contributed by atoms with Crippen LogP contribution < -0.4 is 0 Å². The Kier molecular flexibility index (Phi) is 4.17. The van der Waals surface area contributed by atoms with Crippen molar-refractivity contribution in [3.63, 3.8) is 0 Å². The molecular weight excluding hydrogens is 183 g/mol. The molecule has 0 unspecified atom stereocenters. The van der Waals surface area contributed by atoms with E-state index in [0.717, 1.165) is 5.56 Å². The summed E-state index contributed by atoms with van der Waals surface area (Å²) in [5.41, 5.74) is 4.77. The SMILES string of the molecule is C#Cc1cc(C)c(C)cc1C.[V]. The maximum atomic E-state index is 5.32. The van der Waals surface area contributed by atoms with Gasteiger partial charge in [-0.2, -0.15) is 0 Å². The Labute approximate surface area is 86.3 Å². The molecular formula is C11H12V. The second-order valence-corrected chi connectivity index (χ2v) is 2.90. The first kappa shape index (κ1) is 11.4. The zero-order valence-corrected chi connectivity index (χ0v) is 9.08. The maximum absolute atomic E-state index is 5.32. The van der Waals surface area contributed by atoms with E-state index in [4.69, 9.17) is 6.42 Å². The van der Waals surface area contributed by atoms with Crippen LogP contribution in [-0.2, 0) is 18.6 Å². The van der Waals surface area contributed by atoms with E-state index in [1.165, 1.54) is 16.7 Å². The minimum absolute atomic E-state index is 0. The summed E-state index contributed by atoms with van der Waals surface area (Å²) >= 11 is 0. The van der Waals surface area contributed by atoms with Crippen molar-refractivity contribution >= 4 is 0 Å². The predicted octanol–water partition coefficient (Wildman–Crippen LogP) is 2.59. The fraction of sp³-hybridized carbons (Fsp3) is 0.273. The van der Waals surface area contributed by atoms with E-state index in [1.807, 2.05) is 6.92 Å². The topological polar surface area (TPSA) is 0 Å². The van der Waals surface area contributed by atoms with Gasteiger partial charge < -0.3 is 0 Å². The van der Waals surface area contributed by atoms with E-state index in [9.17, 15) is 0 Å². The molecule has 1 heteroatoms. The van der Waals surface area contributed by atoms with Crippen LogP contribution in [0.4, 0.5) is 0 Å². The van der Waals surface area contributed by atoms with Gasteiger partial charge in [0.2, 0.25) is 0 Å². The van der Waals surface area contributed by atoms with Crippen LogP contribution >= 0.6 is 0 Å². The van der Waals surface area contributed by atoms with Crippen molar-refractivity contribution in [3.8, 4) is 12.3 Å².